The maximum Gasteiger partial charge on any atom is 0.229 e. The first-order valence-electron chi connectivity index (χ1n) is 7.76. The summed E-state index contributed by atoms with van der Waals surface area (Å²) in [4.78, 5) is 8.96. The Morgan fingerprint density at radius 1 is 0.917 bits per heavy atom. The Labute approximate surface area is 146 Å². The third kappa shape index (κ3) is 4.46. The number of hydrogen-bond donors (Lipinski definition) is 2. The van der Waals surface area contributed by atoms with E-state index in [4.69, 9.17) is 11.6 Å². The van der Waals surface area contributed by atoms with Gasteiger partial charge in [0.25, 0.3) is 0 Å². The van der Waals surface area contributed by atoms with Crippen LogP contribution in [0.15, 0.2) is 54.6 Å². The van der Waals surface area contributed by atoms with Crippen molar-refractivity contribution < 1.29 is 0 Å². The maximum absolute atomic E-state index is 5.91. The molecular weight excluding hydrogens is 320 g/mol. The van der Waals surface area contributed by atoms with Crippen LogP contribution in [0.4, 0.5) is 17.5 Å². The lowest BCUT2D eigenvalue weighted by Crippen LogP contribution is -2.05. The molecule has 0 fully saturated rings. The van der Waals surface area contributed by atoms with E-state index in [2.05, 4.69) is 39.7 Å². The molecule has 3 aromatic rings. The molecule has 0 bridgehead atoms. The van der Waals surface area contributed by atoms with Crippen LogP contribution in [-0.4, -0.2) is 9.97 Å². The molecule has 0 aliphatic rings. The Balaban J connectivity index is 1.71. The van der Waals surface area contributed by atoms with Gasteiger partial charge in [0.1, 0.15) is 5.82 Å². The van der Waals surface area contributed by atoms with E-state index in [-0.39, 0.29) is 0 Å². The topological polar surface area (TPSA) is 49.8 Å². The molecule has 122 valence electrons. The lowest BCUT2D eigenvalue weighted by atomic mass is 10.2. The molecule has 0 radical (unpaired) electrons. The van der Waals surface area contributed by atoms with Crippen LogP contribution in [0.2, 0.25) is 5.02 Å². The van der Waals surface area contributed by atoms with E-state index in [0.717, 1.165) is 27.8 Å². The van der Waals surface area contributed by atoms with Crippen molar-refractivity contribution in [3.05, 3.63) is 76.4 Å². The van der Waals surface area contributed by atoms with Crippen LogP contribution < -0.4 is 10.6 Å². The number of anilines is 3. The molecule has 0 saturated carbocycles. The van der Waals surface area contributed by atoms with Gasteiger partial charge in [-0.1, -0.05) is 41.4 Å². The first-order chi connectivity index (χ1) is 11.6. The second kappa shape index (κ2) is 7.32. The number of aromatic nitrogens is 2. The lowest BCUT2D eigenvalue weighted by Gasteiger charge is -2.10. The number of rotatable bonds is 5. The molecule has 4 nitrogen and oxygen atoms in total. The molecule has 0 amide bonds. The zero-order valence-corrected chi connectivity index (χ0v) is 14.4. The minimum absolute atomic E-state index is 0.581. The molecule has 0 aliphatic carbocycles. The maximum atomic E-state index is 5.91. The largest absolute Gasteiger partial charge is 0.366 e. The normalized spacial score (nSPS) is 10.5. The van der Waals surface area contributed by atoms with Crippen molar-refractivity contribution in [2.75, 3.05) is 10.6 Å². The molecule has 5 heteroatoms. The Kier molecular flexibility index (Phi) is 4.96. The van der Waals surface area contributed by atoms with E-state index in [1.807, 2.05) is 49.4 Å². The SMILES string of the molecule is Cc1ccc(Nc2nc(C)cc(NCc3ccc(Cl)cc3)n2)cc1. The van der Waals surface area contributed by atoms with Crippen molar-refractivity contribution in [1.29, 1.82) is 0 Å². The predicted molar refractivity (Wildman–Crippen MR) is 100 cm³/mol. The van der Waals surface area contributed by atoms with Crippen molar-refractivity contribution >= 4 is 29.1 Å². The van der Waals surface area contributed by atoms with Crippen LogP contribution in [0.5, 0.6) is 0 Å². The highest BCUT2D eigenvalue weighted by molar-refractivity contribution is 6.30. The summed E-state index contributed by atoms with van der Waals surface area (Å²) in [6.45, 7) is 4.69. The van der Waals surface area contributed by atoms with E-state index < -0.39 is 0 Å². The highest BCUT2D eigenvalue weighted by Gasteiger charge is 2.03. The summed E-state index contributed by atoms with van der Waals surface area (Å²) in [7, 11) is 0. The van der Waals surface area contributed by atoms with Gasteiger partial charge in [0.05, 0.1) is 0 Å². The standard InChI is InChI=1S/C19H19ClN4/c1-13-3-9-17(10-4-13)23-19-22-14(2)11-18(24-19)21-12-15-5-7-16(20)8-6-15/h3-11H,12H2,1-2H3,(H2,21,22,23,24). The van der Waals surface area contributed by atoms with Gasteiger partial charge in [-0.05, 0) is 43.7 Å². The summed E-state index contributed by atoms with van der Waals surface area (Å²) in [5.41, 5.74) is 4.23. The number of hydrogen-bond acceptors (Lipinski definition) is 4. The summed E-state index contributed by atoms with van der Waals surface area (Å²) in [5.74, 6) is 1.37. The number of halogens is 1. The molecule has 0 unspecified atom stereocenters. The van der Waals surface area contributed by atoms with E-state index in [1.165, 1.54) is 5.56 Å². The van der Waals surface area contributed by atoms with E-state index in [1.54, 1.807) is 0 Å². The molecule has 2 aromatic carbocycles. The smallest absolute Gasteiger partial charge is 0.229 e. The van der Waals surface area contributed by atoms with Gasteiger partial charge in [-0.15, -0.1) is 0 Å². The Morgan fingerprint density at radius 2 is 1.62 bits per heavy atom. The van der Waals surface area contributed by atoms with Gasteiger partial charge in [0, 0.05) is 29.0 Å². The molecule has 1 heterocycles. The van der Waals surface area contributed by atoms with E-state index >= 15 is 0 Å². The second-order valence-electron chi connectivity index (χ2n) is 5.69. The molecule has 0 aliphatic heterocycles. The Morgan fingerprint density at radius 3 is 2.33 bits per heavy atom. The van der Waals surface area contributed by atoms with Gasteiger partial charge in [0.15, 0.2) is 0 Å². The van der Waals surface area contributed by atoms with E-state index in [0.29, 0.717) is 12.5 Å². The monoisotopic (exact) mass is 338 g/mol. The zero-order valence-electron chi connectivity index (χ0n) is 13.7. The van der Waals surface area contributed by atoms with Crippen LogP contribution >= 0.6 is 11.6 Å². The molecule has 3 rings (SSSR count). The summed E-state index contributed by atoms with van der Waals surface area (Å²) < 4.78 is 0. The van der Waals surface area contributed by atoms with Crippen LogP contribution in [0, 0.1) is 13.8 Å². The first kappa shape index (κ1) is 16.3. The zero-order chi connectivity index (χ0) is 16.9. The number of aryl methyl sites for hydroxylation is 2. The minimum atomic E-state index is 0.581. The quantitative estimate of drug-likeness (QED) is 0.679. The number of nitrogens with zero attached hydrogens (tertiary/aromatic N) is 2. The molecule has 1 aromatic heterocycles. The number of nitrogens with one attached hydrogen (secondary N) is 2. The highest BCUT2D eigenvalue weighted by Crippen LogP contribution is 2.17. The summed E-state index contributed by atoms with van der Waals surface area (Å²) in [5, 5.41) is 7.30. The summed E-state index contributed by atoms with van der Waals surface area (Å²) >= 11 is 5.91. The molecular formula is C19H19ClN4. The predicted octanol–water partition coefficient (Wildman–Crippen LogP) is 5.10. The van der Waals surface area contributed by atoms with Crippen molar-refractivity contribution in [3.8, 4) is 0 Å². The second-order valence-corrected chi connectivity index (χ2v) is 6.13. The minimum Gasteiger partial charge on any atom is -0.366 e. The van der Waals surface area contributed by atoms with Crippen molar-refractivity contribution in [2.45, 2.75) is 20.4 Å². The summed E-state index contributed by atoms with van der Waals surface area (Å²) in [6.07, 6.45) is 0. The lowest BCUT2D eigenvalue weighted by molar-refractivity contribution is 1.06. The van der Waals surface area contributed by atoms with Crippen LogP contribution in [0.25, 0.3) is 0 Å². The van der Waals surface area contributed by atoms with Crippen molar-refractivity contribution in [3.63, 3.8) is 0 Å². The average molecular weight is 339 g/mol. The first-order valence-corrected chi connectivity index (χ1v) is 8.14. The Hall–Kier alpha value is -2.59. The third-order valence-corrected chi connectivity index (χ3v) is 3.80. The van der Waals surface area contributed by atoms with Gasteiger partial charge in [0.2, 0.25) is 5.95 Å². The molecule has 24 heavy (non-hydrogen) atoms. The molecule has 0 saturated heterocycles. The fourth-order valence-corrected chi connectivity index (χ4v) is 2.40. The van der Waals surface area contributed by atoms with Gasteiger partial charge >= 0.3 is 0 Å². The van der Waals surface area contributed by atoms with Crippen LogP contribution in [-0.2, 0) is 6.54 Å². The fraction of sp³-hybridized carbons (Fsp3) is 0.158. The van der Waals surface area contributed by atoms with Gasteiger partial charge in [-0.3, -0.25) is 0 Å². The highest BCUT2D eigenvalue weighted by atomic mass is 35.5. The van der Waals surface area contributed by atoms with Crippen molar-refractivity contribution in [2.24, 2.45) is 0 Å². The van der Waals surface area contributed by atoms with Crippen molar-refractivity contribution in [1.82, 2.24) is 9.97 Å². The average Bonchev–Trinajstić information content (AvgIpc) is 2.56. The van der Waals surface area contributed by atoms with Gasteiger partial charge < -0.3 is 10.6 Å². The summed E-state index contributed by atoms with van der Waals surface area (Å²) in [6, 6.07) is 17.8. The van der Waals surface area contributed by atoms with E-state index in [9.17, 15) is 0 Å². The fourth-order valence-electron chi connectivity index (χ4n) is 2.28. The molecule has 0 atom stereocenters. The molecule has 0 spiro atoms. The third-order valence-electron chi connectivity index (χ3n) is 3.55. The van der Waals surface area contributed by atoms with Crippen LogP contribution in [0.3, 0.4) is 0 Å². The Bertz CT molecular complexity index is 814. The molecule has 2 N–H and O–H groups in total. The van der Waals surface area contributed by atoms with Gasteiger partial charge in [-0.2, -0.15) is 4.98 Å². The number of benzene rings is 2. The van der Waals surface area contributed by atoms with Crippen LogP contribution in [0.1, 0.15) is 16.8 Å². The van der Waals surface area contributed by atoms with Gasteiger partial charge in [-0.25, -0.2) is 4.98 Å².